The number of carbonyl (C=O) groups is 1. The summed E-state index contributed by atoms with van der Waals surface area (Å²) in [4.78, 5) is 14.7. The fourth-order valence-electron chi connectivity index (χ4n) is 2.86. The molecule has 0 bridgehead atoms. The van der Waals surface area contributed by atoms with E-state index in [1.807, 2.05) is 25.8 Å². The normalized spacial score (nSPS) is 19.1. The first-order valence-corrected chi connectivity index (χ1v) is 7.54. The zero-order chi connectivity index (χ0) is 14.8. The first-order valence-electron chi connectivity index (χ1n) is 7.54. The van der Waals surface area contributed by atoms with E-state index < -0.39 is 5.41 Å². The summed E-state index contributed by atoms with van der Waals surface area (Å²) in [6.07, 6.45) is 2.08. The second-order valence-corrected chi connectivity index (χ2v) is 6.24. The zero-order valence-electron chi connectivity index (χ0n) is 13.1. The van der Waals surface area contributed by atoms with Crippen LogP contribution in [0.5, 0.6) is 0 Å². The first-order chi connectivity index (χ1) is 9.46. The molecule has 3 heteroatoms. The maximum atomic E-state index is 12.8. The van der Waals surface area contributed by atoms with Gasteiger partial charge in [-0.15, -0.1) is 0 Å². The second-order valence-electron chi connectivity index (χ2n) is 6.24. The quantitative estimate of drug-likeness (QED) is 0.914. The maximum Gasteiger partial charge on any atom is 0.232 e. The van der Waals surface area contributed by atoms with Gasteiger partial charge in [0.2, 0.25) is 5.91 Å². The number of hydrogen-bond donors (Lipinski definition) is 1. The summed E-state index contributed by atoms with van der Waals surface area (Å²) in [5.74, 6) is 0.204. The van der Waals surface area contributed by atoms with Crippen LogP contribution in [-0.4, -0.2) is 37.0 Å². The highest BCUT2D eigenvalue weighted by Gasteiger charge is 2.35. The Bertz CT molecular complexity index is 458. The second kappa shape index (κ2) is 5.96. The van der Waals surface area contributed by atoms with Crippen molar-refractivity contribution >= 4 is 5.91 Å². The van der Waals surface area contributed by atoms with Crippen LogP contribution < -0.4 is 5.32 Å². The summed E-state index contributed by atoms with van der Waals surface area (Å²) >= 11 is 0. The van der Waals surface area contributed by atoms with Gasteiger partial charge in [-0.2, -0.15) is 0 Å². The van der Waals surface area contributed by atoms with Crippen LogP contribution in [0.25, 0.3) is 0 Å². The van der Waals surface area contributed by atoms with Crippen molar-refractivity contribution in [3.63, 3.8) is 0 Å². The highest BCUT2D eigenvalue weighted by Crippen LogP contribution is 2.27. The summed E-state index contributed by atoms with van der Waals surface area (Å²) in [7, 11) is 1.93. The molecule has 20 heavy (non-hydrogen) atoms. The van der Waals surface area contributed by atoms with E-state index in [4.69, 9.17) is 0 Å². The molecule has 1 aromatic carbocycles. The number of hydrogen-bond acceptors (Lipinski definition) is 2. The number of amides is 1. The lowest BCUT2D eigenvalue weighted by Crippen LogP contribution is -2.47. The molecule has 3 nitrogen and oxygen atoms in total. The van der Waals surface area contributed by atoms with Crippen molar-refractivity contribution in [2.24, 2.45) is 0 Å². The van der Waals surface area contributed by atoms with Crippen LogP contribution >= 0.6 is 0 Å². The molecule has 0 spiro atoms. The van der Waals surface area contributed by atoms with Gasteiger partial charge in [-0.05, 0) is 44.4 Å². The standard InChI is InChI=1S/C17H26N2O/c1-5-13-6-8-14(9-7-13)17(2,3)16(20)19(4)15-10-11-18-12-15/h6-9,15,18H,5,10-12H2,1-4H3. The minimum atomic E-state index is -0.469. The Hall–Kier alpha value is -1.35. The van der Waals surface area contributed by atoms with Crippen molar-refractivity contribution in [2.45, 2.75) is 45.1 Å². The molecule has 1 heterocycles. The third kappa shape index (κ3) is 2.88. The van der Waals surface area contributed by atoms with Gasteiger partial charge in [0.25, 0.3) is 0 Å². The van der Waals surface area contributed by atoms with E-state index in [2.05, 4.69) is 36.5 Å². The summed E-state index contributed by atoms with van der Waals surface area (Å²) < 4.78 is 0. The Morgan fingerprint density at radius 1 is 1.35 bits per heavy atom. The Balaban J connectivity index is 2.16. The van der Waals surface area contributed by atoms with Crippen LogP contribution in [0.15, 0.2) is 24.3 Å². The molecular formula is C17H26N2O. The highest BCUT2D eigenvalue weighted by atomic mass is 16.2. The van der Waals surface area contributed by atoms with Crippen molar-refractivity contribution < 1.29 is 4.79 Å². The largest absolute Gasteiger partial charge is 0.341 e. The monoisotopic (exact) mass is 274 g/mol. The van der Waals surface area contributed by atoms with Gasteiger partial charge in [-0.25, -0.2) is 0 Å². The third-order valence-electron chi connectivity index (χ3n) is 4.52. The fourth-order valence-corrected chi connectivity index (χ4v) is 2.86. The van der Waals surface area contributed by atoms with Crippen LogP contribution in [0, 0.1) is 0 Å². The predicted octanol–water partition coefficient (Wildman–Crippen LogP) is 2.35. The first kappa shape index (κ1) is 15.0. The number of rotatable bonds is 4. The van der Waals surface area contributed by atoms with Crippen LogP contribution in [0.2, 0.25) is 0 Å². The lowest BCUT2D eigenvalue weighted by atomic mass is 9.82. The Kier molecular flexibility index (Phi) is 4.48. The molecule has 1 atom stereocenters. The highest BCUT2D eigenvalue weighted by molar-refractivity contribution is 5.87. The van der Waals surface area contributed by atoms with E-state index in [0.717, 1.165) is 31.5 Å². The number of benzene rings is 1. The van der Waals surface area contributed by atoms with Crippen LogP contribution in [0.1, 0.15) is 38.3 Å². The van der Waals surface area contributed by atoms with Gasteiger partial charge < -0.3 is 10.2 Å². The summed E-state index contributed by atoms with van der Waals surface area (Å²) in [5, 5.41) is 3.32. The SMILES string of the molecule is CCc1ccc(C(C)(C)C(=O)N(C)C2CCNC2)cc1. The van der Waals surface area contributed by atoms with Gasteiger partial charge in [0, 0.05) is 19.6 Å². The van der Waals surface area contributed by atoms with Gasteiger partial charge in [0.15, 0.2) is 0 Å². The van der Waals surface area contributed by atoms with E-state index in [-0.39, 0.29) is 5.91 Å². The minimum Gasteiger partial charge on any atom is -0.341 e. The van der Waals surface area contributed by atoms with Crippen LogP contribution in [0.3, 0.4) is 0 Å². The van der Waals surface area contributed by atoms with Gasteiger partial charge in [0.05, 0.1) is 5.41 Å². The molecule has 1 amide bonds. The van der Waals surface area contributed by atoms with Gasteiger partial charge >= 0.3 is 0 Å². The summed E-state index contributed by atoms with van der Waals surface area (Å²) in [6, 6.07) is 8.77. The molecule has 110 valence electrons. The van der Waals surface area contributed by atoms with Crippen molar-refractivity contribution in [1.82, 2.24) is 10.2 Å². The molecule has 0 aliphatic carbocycles. The molecule has 2 rings (SSSR count). The number of nitrogens with zero attached hydrogens (tertiary/aromatic N) is 1. The molecule has 1 fully saturated rings. The number of carbonyl (C=O) groups excluding carboxylic acids is 1. The average Bonchev–Trinajstić information content (AvgIpc) is 3.00. The molecule has 1 aliphatic rings. The van der Waals surface area contributed by atoms with Crippen molar-refractivity contribution in [3.8, 4) is 0 Å². The van der Waals surface area contributed by atoms with Crippen LogP contribution in [0.4, 0.5) is 0 Å². The molecule has 1 aliphatic heterocycles. The predicted molar refractivity (Wildman–Crippen MR) is 82.9 cm³/mol. The number of aryl methyl sites for hydroxylation is 1. The van der Waals surface area contributed by atoms with Crippen molar-refractivity contribution in [1.29, 1.82) is 0 Å². The smallest absolute Gasteiger partial charge is 0.232 e. The van der Waals surface area contributed by atoms with Crippen LogP contribution in [-0.2, 0) is 16.6 Å². The Labute approximate surface area is 122 Å². The summed E-state index contributed by atoms with van der Waals surface area (Å²) in [5.41, 5.74) is 1.94. The lowest BCUT2D eigenvalue weighted by molar-refractivity contribution is -0.136. The molecule has 0 radical (unpaired) electrons. The molecule has 1 unspecified atom stereocenters. The zero-order valence-corrected chi connectivity index (χ0v) is 13.1. The minimum absolute atomic E-state index is 0.204. The van der Waals surface area contributed by atoms with Gasteiger partial charge in [-0.1, -0.05) is 31.2 Å². The van der Waals surface area contributed by atoms with Gasteiger partial charge in [0.1, 0.15) is 0 Å². The van der Waals surface area contributed by atoms with E-state index >= 15 is 0 Å². The fraction of sp³-hybridized carbons (Fsp3) is 0.588. The molecule has 0 saturated carbocycles. The van der Waals surface area contributed by atoms with Crippen molar-refractivity contribution in [2.75, 3.05) is 20.1 Å². The molecule has 0 aromatic heterocycles. The lowest BCUT2D eigenvalue weighted by Gasteiger charge is -2.33. The third-order valence-corrected chi connectivity index (χ3v) is 4.52. The molecule has 1 N–H and O–H groups in total. The van der Waals surface area contributed by atoms with E-state index in [1.165, 1.54) is 5.56 Å². The number of nitrogens with one attached hydrogen (secondary N) is 1. The van der Waals surface area contributed by atoms with Crippen molar-refractivity contribution in [3.05, 3.63) is 35.4 Å². The van der Waals surface area contributed by atoms with E-state index in [9.17, 15) is 4.79 Å². The van der Waals surface area contributed by atoms with E-state index in [1.54, 1.807) is 0 Å². The molecule has 1 aromatic rings. The van der Waals surface area contributed by atoms with Gasteiger partial charge in [-0.3, -0.25) is 4.79 Å². The number of likely N-dealkylation sites (N-methyl/N-ethyl adjacent to an activating group) is 1. The topological polar surface area (TPSA) is 32.3 Å². The summed E-state index contributed by atoms with van der Waals surface area (Å²) in [6.45, 7) is 8.11. The Morgan fingerprint density at radius 3 is 2.50 bits per heavy atom. The average molecular weight is 274 g/mol. The van der Waals surface area contributed by atoms with E-state index in [0.29, 0.717) is 6.04 Å². The Morgan fingerprint density at radius 2 is 2.00 bits per heavy atom. The maximum absolute atomic E-state index is 12.8. The molecular weight excluding hydrogens is 248 g/mol. The molecule has 1 saturated heterocycles.